The van der Waals surface area contributed by atoms with E-state index in [0.29, 0.717) is 6.61 Å². The van der Waals surface area contributed by atoms with Crippen molar-refractivity contribution in [3.8, 4) is 0 Å². The molecule has 90 valence electrons. The molecule has 0 aromatic rings. The summed E-state index contributed by atoms with van der Waals surface area (Å²) < 4.78 is 10.9. The number of morpholine rings is 1. The minimum atomic E-state index is -0.176. The third-order valence-electron chi connectivity index (χ3n) is 2.90. The van der Waals surface area contributed by atoms with Crippen molar-refractivity contribution in [3.63, 3.8) is 0 Å². The van der Waals surface area contributed by atoms with E-state index < -0.39 is 0 Å². The first-order valence-electron chi connectivity index (χ1n) is 5.81. The smallest absolute Gasteiger partial charge is 0.0643 e. The van der Waals surface area contributed by atoms with Crippen LogP contribution in [-0.2, 0) is 9.47 Å². The minimum absolute atomic E-state index is 0.176. The number of hydrogen-bond acceptors (Lipinski definition) is 4. The zero-order chi connectivity index (χ0) is 11.1. The van der Waals surface area contributed by atoms with Gasteiger partial charge in [-0.3, -0.25) is 4.90 Å². The predicted molar refractivity (Wildman–Crippen MR) is 61.0 cm³/mol. The molecule has 0 aliphatic carbocycles. The summed E-state index contributed by atoms with van der Waals surface area (Å²) in [6, 6.07) is 0. The first-order valence-corrected chi connectivity index (χ1v) is 5.81. The Kier molecular flexibility index (Phi) is 5.53. The average Bonchev–Trinajstić information content (AvgIpc) is 2.26. The van der Waals surface area contributed by atoms with Crippen molar-refractivity contribution in [3.05, 3.63) is 0 Å². The number of nitrogens with two attached hydrogens (primary N) is 1. The second kappa shape index (κ2) is 6.43. The molecular weight excluding hydrogens is 192 g/mol. The van der Waals surface area contributed by atoms with Gasteiger partial charge >= 0.3 is 0 Å². The van der Waals surface area contributed by atoms with Crippen molar-refractivity contribution < 1.29 is 9.47 Å². The van der Waals surface area contributed by atoms with Crippen LogP contribution in [0.4, 0.5) is 0 Å². The summed E-state index contributed by atoms with van der Waals surface area (Å²) in [4.78, 5) is 2.36. The number of hydrogen-bond donors (Lipinski definition) is 1. The Morgan fingerprint density at radius 1 is 1.40 bits per heavy atom. The van der Waals surface area contributed by atoms with Crippen molar-refractivity contribution in [2.45, 2.75) is 25.8 Å². The van der Waals surface area contributed by atoms with Crippen molar-refractivity contribution >= 4 is 0 Å². The summed E-state index contributed by atoms with van der Waals surface area (Å²) in [5.41, 5.74) is 5.80. The van der Waals surface area contributed by atoms with E-state index in [0.717, 1.165) is 45.9 Å². The molecule has 1 fully saturated rings. The van der Waals surface area contributed by atoms with Crippen molar-refractivity contribution in [2.75, 3.05) is 46.1 Å². The molecule has 1 aliphatic heterocycles. The highest BCUT2D eigenvalue weighted by molar-refractivity contribution is 4.75. The first-order chi connectivity index (χ1) is 7.14. The summed E-state index contributed by atoms with van der Waals surface area (Å²) in [6.07, 6.45) is 0.949. The highest BCUT2D eigenvalue weighted by Crippen LogP contribution is 2.04. The maximum atomic E-state index is 5.98. The Morgan fingerprint density at radius 2 is 2.07 bits per heavy atom. The maximum absolute atomic E-state index is 5.98. The van der Waals surface area contributed by atoms with Crippen LogP contribution >= 0.6 is 0 Å². The highest BCUT2D eigenvalue weighted by Gasteiger charge is 2.16. The summed E-state index contributed by atoms with van der Waals surface area (Å²) in [5, 5.41) is 0. The van der Waals surface area contributed by atoms with Crippen LogP contribution in [0.5, 0.6) is 0 Å². The number of ether oxygens (including phenoxy) is 2. The van der Waals surface area contributed by atoms with Gasteiger partial charge in [-0.05, 0) is 13.3 Å². The molecule has 0 aromatic carbocycles. The van der Waals surface area contributed by atoms with Gasteiger partial charge in [-0.2, -0.15) is 0 Å². The number of rotatable bonds is 6. The van der Waals surface area contributed by atoms with Gasteiger partial charge in [0.15, 0.2) is 0 Å². The van der Waals surface area contributed by atoms with Crippen LogP contribution < -0.4 is 5.73 Å². The van der Waals surface area contributed by atoms with Crippen molar-refractivity contribution in [1.82, 2.24) is 4.90 Å². The molecule has 1 unspecified atom stereocenters. The summed E-state index contributed by atoms with van der Waals surface area (Å²) in [7, 11) is 0. The number of nitrogens with zero attached hydrogens (tertiary/aromatic N) is 1. The first kappa shape index (κ1) is 12.9. The van der Waals surface area contributed by atoms with Gasteiger partial charge in [0.1, 0.15) is 0 Å². The topological polar surface area (TPSA) is 47.7 Å². The zero-order valence-corrected chi connectivity index (χ0v) is 10.00. The Hall–Kier alpha value is -0.160. The van der Waals surface area contributed by atoms with Gasteiger partial charge in [0.05, 0.1) is 26.4 Å². The quantitative estimate of drug-likeness (QED) is 0.655. The molecule has 0 bridgehead atoms. The maximum Gasteiger partial charge on any atom is 0.0643 e. The van der Waals surface area contributed by atoms with Crippen molar-refractivity contribution in [2.24, 2.45) is 5.73 Å². The van der Waals surface area contributed by atoms with Crippen LogP contribution in [0.1, 0.15) is 20.3 Å². The van der Waals surface area contributed by atoms with Gasteiger partial charge in [-0.15, -0.1) is 0 Å². The molecular formula is C11H24N2O2. The molecule has 1 saturated heterocycles. The largest absolute Gasteiger partial charge is 0.379 e. The van der Waals surface area contributed by atoms with Crippen LogP contribution in [0.3, 0.4) is 0 Å². The molecule has 0 radical (unpaired) electrons. The van der Waals surface area contributed by atoms with Crippen LogP contribution in [-0.4, -0.2) is 56.5 Å². The molecule has 0 amide bonds. The third-order valence-corrected chi connectivity index (χ3v) is 2.90. The van der Waals surface area contributed by atoms with E-state index in [4.69, 9.17) is 15.2 Å². The zero-order valence-electron chi connectivity index (χ0n) is 10.00. The standard InChI is InChI=1S/C11H24N2O2/c1-3-11(2,12)10-15-9-6-13-4-7-14-8-5-13/h3-10,12H2,1-2H3. The van der Waals surface area contributed by atoms with E-state index in [1.54, 1.807) is 0 Å². The third kappa shape index (κ3) is 5.47. The van der Waals surface area contributed by atoms with E-state index in [1.807, 2.05) is 6.92 Å². The molecule has 4 heteroatoms. The fourth-order valence-electron chi connectivity index (χ4n) is 1.43. The molecule has 2 N–H and O–H groups in total. The minimum Gasteiger partial charge on any atom is -0.379 e. The van der Waals surface area contributed by atoms with E-state index in [1.165, 1.54) is 0 Å². The Labute approximate surface area is 92.7 Å². The highest BCUT2D eigenvalue weighted by atomic mass is 16.5. The fourth-order valence-corrected chi connectivity index (χ4v) is 1.43. The molecule has 1 heterocycles. The summed E-state index contributed by atoms with van der Waals surface area (Å²) in [5.74, 6) is 0. The van der Waals surface area contributed by atoms with Crippen LogP contribution in [0.25, 0.3) is 0 Å². The molecule has 1 atom stereocenters. The van der Waals surface area contributed by atoms with Gasteiger partial charge < -0.3 is 15.2 Å². The Morgan fingerprint density at radius 3 is 2.67 bits per heavy atom. The lowest BCUT2D eigenvalue weighted by molar-refractivity contribution is 0.0141. The van der Waals surface area contributed by atoms with E-state index in [-0.39, 0.29) is 5.54 Å². The van der Waals surface area contributed by atoms with Crippen LogP contribution in [0.2, 0.25) is 0 Å². The van der Waals surface area contributed by atoms with Gasteiger partial charge in [0.25, 0.3) is 0 Å². The molecule has 1 aliphatic rings. The average molecular weight is 216 g/mol. The molecule has 1 rings (SSSR count). The van der Waals surface area contributed by atoms with E-state index in [9.17, 15) is 0 Å². The lowest BCUT2D eigenvalue weighted by Gasteiger charge is -2.27. The van der Waals surface area contributed by atoms with Gasteiger partial charge in [-0.1, -0.05) is 6.92 Å². The van der Waals surface area contributed by atoms with E-state index >= 15 is 0 Å². The molecule has 15 heavy (non-hydrogen) atoms. The second-order valence-corrected chi connectivity index (χ2v) is 4.51. The second-order valence-electron chi connectivity index (χ2n) is 4.51. The van der Waals surface area contributed by atoms with E-state index in [2.05, 4.69) is 11.8 Å². The lowest BCUT2D eigenvalue weighted by atomic mass is 10.0. The molecule has 0 spiro atoms. The summed E-state index contributed by atoms with van der Waals surface area (Å²) >= 11 is 0. The van der Waals surface area contributed by atoms with Gasteiger partial charge in [-0.25, -0.2) is 0 Å². The van der Waals surface area contributed by atoms with Gasteiger partial charge in [0.2, 0.25) is 0 Å². The monoisotopic (exact) mass is 216 g/mol. The SMILES string of the molecule is CCC(C)(N)COCCN1CCOCC1. The normalized spacial score (nSPS) is 22.6. The molecule has 0 aromatic heterocycles. The van der Waals surface area contributed by atoms with Crippen LogP contribution in [0, 0.1) is 0 Å². The lowest BCUT2D eigenvalue weighted by Crippen LogP contribution is -2.42. The predicted octanol–water partition coefficient (Wildman–Crippen LogP) is 0.463. The summed E-state index contributed by atoms with van der Waals surface area (Å²) in [6.45, 7) is 10.3. The Balaban J connectivity index is 2.00. The molecule has 0 saturated carbocycles. The fraction of sp³-hybridized carbons (Fsp3) is 1.00. The Bertz CT molecular complexity index is 168. The molecule has 4 nitrogen and oxygen atoms in total. The van der Waals surface area contributed by atoms with Crippen LogP contribution in [0.15, 0.2) is 0 Å². The van der Waals surface area contributed by atoms with Gasteiger partial charge in [0, 0.05) is 25.2 Å². The van der Waals surface area contributed by atoms with Crippen molar-refractivity contribution in [1.29, 1.82) is 0 Å².